The van der Waals surface area contributed by atoms with Crippen LogP contribution >= 0.6 is 34.0 Å². The number of rotatable bonds is 9. The third-order valence-corrected chi connectivity index (χ3v) is 7.50. The average Bonchev–Trinajstić information content (AvgIpc) is 2.98. The summed E-state index contributed by atoms with van der Waals surface area (Å²) in [6, 6.07) is 11.1. The molecule has 2 heterocycles. The first-order valence-corrected chi connectivity index (χ1v) is 11.9. The topological polar surface area (TPSA) is 82.1 Å². The van der Waals surface area contributed by atoms with E-state index in [-0.39, 0.29) is 52.9 Å². The van der Waals surface area contributed by atoms with Crippen molar-refractivity contribution >= 4 is 56.7 Å². The number of quaternary nitrogens is 1. The molecule has 0 amide bonds. The minimum Gasteiger partial charge on any atom is -0.497 e. The number of esters is 1. The van der Waals surface area contributed by atoms with Crippen molar-refractivity contribution < 1.29 is 33.4 Å². The maximum absolute atomic E-state index is 12.0. The van der Waals surface area contributed by atoms with E-state index in [4.69, 9.17) is 19.3 Å². The van der Waals surface area contributed by atoms with E-state index in [1.807, 2.05) is 12.1 Å². The van der Waals surface area contributed by atoms with Gasteiger partial charge in [-0.25, -0.2) is 0 Å². The predicted molar refractivity (Wildman–Crippen MR) is 150 cm³/mol. The van der Waals surface area contributed by atoms with Gasteiger partial charge in [0.2, 0.25) is 0 Å². The van der Waals surface area contributed by atoms with Gasteiger partial charge in [-0.05, 0) is 41.6 Å². The van der Waals surface area contributed by atoms with E-state index in [2.05, 4.69) is 37.5 Å². The first-order chi connectivity index (χ1) is 16.3. The second-order valence-corrected chi connectivity index (χ2v) is 9.56. The molecule has 2 bridgehead atoms. The standard InChI is InChI=1S/C27H33NO6.2BrH/c1-28(20-7-8-21(28)16-23(15-20)34-27(31)11-10-26(29)30)12-4-5-18-13-19-6-9-22(32-2)17-24(19)25(14-18)33-3;;/h4,6,9,12-14,17,20-21,23H,5,7-8,10-11,15-16H2,1-3H3;2*1H/p+1. The minimum atomic E-state index is -0.973. The Hall–Kier alpha value is -2.10. The third-order valence-electron chi connectivity index (χ3n) is 7.50. The van der Waals surface area contributed by atoms with Gasteiger partial charge in [-0.2, -0.15) is 0 Å². The largest absolute Gasteiger partial charge is 0.497 e. The number of methoxy groups -OCH3 is 2. The van der Waals surface area contributed by atoms with E-state index < -0.39 is 11.9 Å². The number of carbonyl (C=O) groups is 2. The van der Waals surface area contributed by atoms with E-state index >= 15 is 0 Å². The van der Waals surface area contributed by atoms with Crippen LogP contribution in [-0.2, 0) is 20.7 Å². The fourth-order valence-electron chi connectivity index (χ4n) is 5.62. The van der Waals surface area contributed by atoms with Gasteiger partial charge in [0.1, 0.15) is 17.6 Å². The molecule has 2 atom stereocenters. The summed E-state index contributed by atoms with van der Waals surface area (Å²) in [5, 5.41) is 10.9. The van der Waals surface area contributed by atoms with Gasteiger partial charge >= 0.3 is 11.9 Å². The number of carbonyl (C=O) groups excluding carboxylic acids is 1. The highest BCUT2D eigenvalue weighted by Gasteiger charge is 2.51. The highest BCUT2D eigenvalue weighted by Crippen LogP contribution is 2.43. The Labute approximate surface area is 233 Å². The minimum absolute atomic E-state index is 0. The maximum Gasteiger partial charge on any atom is 0.306 e. The number of hydrogen-bond acceptors (Lipinski definition) is 5. The number of ether oxygens (including phenoxy) is 3. The third kappa shape index (κ3) is 6.61. The molecule has 2 aliphatic heterocycles. The molecule has 9 heteroatoms. The molecule has 2 aliphatic rings. The van der Waals surface area contributed by atoms with Crippen molar-refractivity contribution in [1.29, 1.82) is 0 Å². The normalized spacial score (nSPS) is 24.6. The van der Waals surface area contributed by atoms with Crippen LogP contribution in [0.1, 0.15) is 44.1 Å². The van der Waals surface area contributed by atoms with E-state index in [9.17, 15) is 9.59 Å². The summed E-state index contributed by atoms with van der Waals surface area (Å²) >= 11 is 0. The number of allylic oxidation sites excluding steroid dienone is 1. The number of hydrogen-bond donors (Lipinski definition) is 1. The monoisotopic (exact) mass is 628 g/mol. The Balaban J connectivity index is 0.00000228. The molecule has 0 aromatic heterocycles. The zero-order valence-corrected chi connectivity index (χ0v) is 24.4. The van der Waals surface area contributed by atoms with E-state index in [1.54, 1.807) is 14.2 Å². The molecule has 1 N–H and O–H groups in total. The molecule has 2 aromatic carbocycles. The average molecular weight is 630 g/mol. The lowest BCUT2D eigenvalue weighted by Gasteiger charge is -2.44. The van der Waals surface area contributed by atoms with Gasteiger partial charge in [0.25, 0.3) is 0 Å². The van der Waals surface area contributed by atoms with Crippen LogP contribution in [0.3, 0.4) is 0 Å². The SMILES string of the molecule is Br.Br.COc1ccc2cc(CC=C[N+]3(C)C4CCC3CC(OC(=O)CCC(=O)O)C4)cc(OC)c2c1. The molecular formula is C27H36Br2NO6+. The molecule has 4 rings (SSSR count). The molecule has 2 unspecified atom stereocenters. The molecule has 0 saturated carbocycles. The van der Waals surface area contributed by atoms with Crippen LogP contribution in [0.2, 0.25) is 0 Å². The second kappa shape index (κ2) is 12.9. The van der Waals surface area contributed by atoms with E-state index in [0.717, 1.165) is 58.9 Å². The highest BCUT2D eigenvalue weighted by molar-refractivity contribution is 8.93. The second-order valence-electron chi connectivity index (χ2n) is 9.56. The lowest BCUT2D eigenvalue weighted by atomic mass is 9.97. The molecule has 198 valence electrons. The maximum atomic E-state index is 12.0. The van der Waals surface area contributed by atoms with E-state index in [1.165, 1.54) is 5.56 Å². The molecular weight excluding hydrogens is 594 g/mol. The summed E-state index contributed by atoms with van der Waals surface area (Å²) < 4.78 is 17.5. The van der Waals surface area contributed by atoms with Crippen LogP contribution in [0.4, 0.5) is 0 Å². The Bertz CT molecular complexity index is 1090. The number of carboxylic acids is 1. The van der Waals surface area contributed by atoms with Crippen molar-refractivity contribution in [2.45, 2.75) is 63.1 Å². The zero-order chi connectivity index (χ0) is 24.3. The van der Waals surface area contributed by atoms with Crippen LogP contribution in [0.15, 0.2) is 42.6 Å². The summed E-state index contributed by atoms with van der Waals surface area (Å²) in [6.07, 6.45) is 8.88. The number of nitrogens with zero attached hydrogens (tertiary/aromatic N) is 1. The van der Waals surface area contributed by atoms with Gasteiger partial charge in [0.05, 0.1) is 52.4 Å². The summed E-state index contributed by atoms with van der Waals surface area (Å²) in [7, 11) is 5.63. The zero-order valence-electron chi connectivity index (χ0n) is 21.0. The first-order valence-electron chi connectivity index (χ1n) is 11.9. The van der Waals surface area contributed by atoms with Gasteiger partial charge in [0.15, 0.2) is 0 Å². The molecule has 7 nitrogen and oxygen atoms in total. The lowest BCUT2D eigenvalue weighted by molar-refractivity contribution is -0.902. The quantitative estimate of drug-likeness (QED) is 0.287. The number of aliphatic carboxylic acids is 1. The molecule has 2 aromatic rings. The van der Waals surface area contributed by atoms with E-state index in [0.29, 0.717) is 12.1 Å². The number of halogens is 2. The Morgan fingerprint density at radius 3 is 2.33 bits per heavy atom. The summed E-state index contributed by atoms with van der Waals surface area (Å²) in [4.78, 5) is 22.7. The van der Waals surface area contributed by atoms with Crippen LogP contribution in [0.25, 0.3) is 10.8 Å². The van der Waals surface area contributed by atoms with Crippen LogP contribution in [0, 0.1) is 0 Å². The fourth-order valence-corrected chi connectivity index (χ4v) is 5.62. The Morgan fingerprint density at radius 2 is 1.72 bits per heavy atom. The van der Waals surface area contributed by atoms with Gasteiger partial charge < -0.3 is 19.3 Å². The number of piperidine rings is 1. The van der Waals surface area contributed by atoms with Crippen molar-refractivity contribution in [2.24, 2.45) is 0 Å². The molecule has 0 radical (unpaired) electrons. The number of benzene rings is 2. The highest BCUT2D eigenvalue weighted by atomic mass is 79.9. The molecule has 2 saturated heterocycles. The summed E-state index contributed by atoms with van der Waals surface area (Å²) in [6.45, 7) is 0. The van der Waals surface area contributed by atoms with Crippen molar-refractivity contribution in [2.75, 3.05) is 21.3 Å². The first kappa shape index (κ1) is 30.1. The Kier molecular flexibility index (Phi) is 10.8. The van der Waals surface area contributed by atoms with Gasteiger partial charge in [-0.15, -0.1) is 34.0 Å². The molecule has 0 aliphatic carbocycles. The molecule has 2 fully saturated rings. The van der Waals surface area contributed by atoms with Crippen LogP contribution in [0.5, 0.6) is 11.5 Å². The number of fused-ring (bicyclic) bond motifs is 3. The smallest absolute Gasteiger partial charge is 0.306 e. The van der Waals surface area contributed by atoms with Crippen LogP contribution in [-0.4, -0.2) is 61.0 Å². The van der Waals surface area contributed by atoms with Crippen molar-refractivity contribution in [3.8, 4) is 11.5 Å². The van der Waals surface area contributed by atoms with Gasteiger partial charge in [0, 0.05) is 31.1 Å². The summed E-state index contributed by atoms with van der Waals surface area (Å²) in [5.74, 6) is 0.272. The lowest BCUT2D eigenvalue weighted by Crippen LogP contribution is -2.55. The van der Waals surface area contributed by atoms with Crippen LogP contribution < -0.4 is 9.47 Å². The van der Waals surface area contributed by atoms with Crippen molar-refractivity contribution in [3.63, 3.8) is 0 Å². The Morgan fingerprint density at radius 1 is 1.03 bits per heavy atom. The van der Waals surface area contributed by atoms with Gasteiger partial charge in [-0.1, -0.05) is 12.1 Å². The van der Waals surface area contributed by atoms with Crippen molar-refractivity contribution in [3.05, 3.63) is 48.2 Å². The van der Waals surface area contributed by atoms with Crippen molar-refractivity contribution in [1.82, 2.24) is 0 Å². The van der Waals surface area contributed by atoms with Gasteiger partial charge in [-0.3, -0.25) is 14.1 Å². The number of carboxylic acid groups (broad SMARTS) is 1. The molecule has 0 spiro atoms. The summed E-state index contributed by atoms with van der Waals surface area (Å²) in [5.41, 5.74) is 1.19. The predicted octanol–water partition coefficient (Wildman–Crippen LogP) is 5.62. The fraction of sp³-hybridized carbons (Fsp3) is 0.481. The molecule has 36 heavy (non-hydrogen) atoms.